The Hall–Kier alpha value is -7.68. The third-order valence-corrected chi connectivity index (χ3v) is 11.1. The van der Waals surface area contributed by atoms with Gasteiger partial charge in [0.05, 0.1) is 0 Å². The highest BCUT2D eigenvalue weighted by Gasteiger charge is 2.26. The van der Waals surface area contributed by atoms with E-state index in [4.69, 9.17) is 14.2 Å². The van der Waals surface area contributed by atoms with Crippen molar-refractivity contribution in [1.82, 2.24) is 29.2 Å². The third kappa shape index (κ3) is 16.1. The lowest BCUT2D eigenvalue weighted by molar-refractivity contribution is -0.150. The van der Waals surface area contributed by atoms with Gasteiger partial charge in [0, 0.05) is 82.6 Å². The Morgan fingerprint density at radius 2 is 0.716 bits per heavy atom. The molecule has 6 aromatic rings. The zero-order valence-corrected chi connectivity index (χ0v) is 37.5. The van der Waals surface area contributed by atoms with Gasteiger partial charge in [0.25, 0.3) is 0 Å². The molecule has 3 atom stereocenters. The average Bonchev–Trinajstić information content (AvgIpc) is 4.19. The van der Waals surface area contributed by atoms with Crippen molar-refractivity contribution in [1.29, 1.82) is 0 Å². The highest BCUT2D eigenvalue weighted by molar-refractivity contribution is 5.81. The summed E-state index contributed by atoms with van der Waals surface area (Å²) in [4.78, 5) is 81.8. The molecular weight excluding hydrogens is 853 g/mol. The molecule has 0 saturated heterocycles. The number of nitrogens with zero attached hydrogens (tertiary/aromatic N) is 4. The fraction of sp³-hybridized carbons (Fsp3) is 0.308. The zero-order chi connectivity index (χ0) is 47.1. The number of carbonyl (C=O) groups is 6. The second-order valence-electron chi connectivity index (χ2n) is 15.9. The Kier molecular flexibility index (Phi) is 19.2. The standard InChI is InChI=1S/C52H58N6O9/c59-47(25-22-44(55-30-10-11-31-55)50(62)65-38-41-16-4-1-5-17-41)53-28-36-58(49(61)27-24-46(57-34-14-15-35-57)52(64)67-40-43-20-8-3-9-21-43)37-29-54-48(60)26-23-45(56-32-12-13-33-56)51(63)66-39-42-18-6-2-7-19-42/h1-21,30-35,44-46H,22-29,36-40H2,(H,53,59)(H,54,60)/t44-,45-,46-/m0/s1. The van der Waals surface area contributed by atoms with Crippen LogP contribution in [-0.4, -0.2) is 80.4 Å². The first kappa shape index (κ1) is 48.8. The van der Waals surface area contributed by atoms with Gasteiger partial charge in [-0.3, -0.25) is 14.4 Å². The van der Waals surface area contributed by atoms with E-state index in [9.17, 15) is 28.8 Å². The molecule has 6 rings (SSSR count). The van der Waals surface area contributed by atoms with Gasteiger partial charge in [-0.2, -0.15) is 0 Å². The van der Waals surface area contributed by atoms with Crippen molar-refractivity contribution in [2.75, 3.05) is 26.2 Å². The molecule has 15 nitrogen and oxygen atoms in total. The van der Waals surface area contributed by atoms with Crippen LogP contribution in [0.2, 0.25) is 0 Å². The number of esters is 3. The minimum atomic E-state index is -0.774. The molecule has 0 fully saturated rings. The number of aromatic nitrogens is 3. The van der Waals surface area contributed by atoms with Crippen LogP contribution in [0.3, 0.4) is 0 Å². The summed E-state index contributed by atoms with van der Waals surface area (Å²) in [6.07, 6.45) is 11.0. The van der Waals surface area contributed by atoms with Crippen molar-refractivity contribution in [3.05, 3.63) is 181 Å². The quantitative estimate of drug-likeness (QED) is 0.0419. The van der Waals surface area contributed by atoms with Crippen LogP contribution in [0.4, 0.5) is 0 Å². The largest absolute Gasteiger partial charge is 0.459 e. The third-order valence-electron chi connectivity index (χ3n) is 11.1. The molecule has 3 aromatic carbocycles. The van der Waals surface area contributed by atoms with Gasteiger partial charge in [-0.15, -0.1) is 0 Å². The molecule has 0 aliphatic carbocycles. The molecule has 0 aliphatic rings. The fourth-order valence-corrected chi connectivity index (χ4v) is 7.46. The van der Waals surface area contributed by atoms with Gasteiger partial charge in [0.2, 0.25) is 17.7 Å². The van der Waals surface area contributed by atoms with Crippen molar-refractivity contribution < 1.29 is 43.0 Å². The van der Waals surface area contributed by atoms with Crippen LogP contribution in [0.25, 0.3) is 0 Å². The summed E-state index contributed by atoms with van der Waals surface area (Å²) < 4.78 is 22.0. The molecule has 3 aromatic heterocycles. The Labute approximate surface area is 390 Å². The van der Waals surface area contributed by atoms with Gasteiger partial charge >= 0.3 is 17.9 Å². The number of nitrogens with one attached hydrogen (secondary N) is 2. The summed E-state index contributed by atoms with van der Waals surface area (Å²) >= 11 is 0. The van der Waals surface area contributed by atoms with Crippen LogP contribution in [0.5, 0.6) is 0 Å². The maximum Gasteiger partial charge on any atom is 0.329 e. The van der Waals surface area contributed by atoms with E-state index in [0.717, 1.165) is 16.7 Å². The minimum Gasteiger partial charge on any atom is -0.459 e. The van der Waals surface area contributed by atoms with Gasteiger partial charge in [-0.25, -0.2) is 14.4 Å². The highest BCUT2D eigenvalue weighted by atomic mass is 16.5. The predicted molar refractivity (Wildman–Crippen MR) is 249 cm³/mol. The molecule has 67 heavy (non-hydrogen) atoms. The van der Waals surface area contributed by atoms with Crippen LogP contribution >= 0.6 is 0 Å². The maximum atomic E-state index is 14.0. The van der Waals surface area contributed by atoms with Gasteiger partial charge in [-0.1, -0.05) is 91.0 Å². The number of rotatable bonds is 27. The maximum absolute atomic E-state index is 14.0. The summed E-state index contributed by atoms with van der Waals surface area (Å²) in [6, 6.07) is 36.6. The summed E-state index contributed by atoms with van der Waals surface area (Å²) in [7, 11) is 0. The van der Waals surface area contributed by atoms with Gasteiger partial charge in [0.1, 0.15) is 37.9 Å². The summed E-state index contributed by atoms with van der Waals surface area (Å²) in [5.74, 6) is -2.33. The fourth-order valence-electron chi connectivity index (χ4n) is 7.46. The smallest absolute Gasteiger partial charge is 0.329 e. The first-order valence-corrected chi connectivity index (χ1v) is 22.5. The lowest BCUT2D eigenvalue weighted by atomic mass is 10.1. The number of hydrogen-bond donors (Lipinski definition) is 2. The topological polar surface area (TPSA) is 172 Å². The molecule has 2 N–H and O–H groups in total. The molecule has 0 aliphatic heterocycles. The van der Waals surface area contributed by atoms with E-state index in [-0.39, 0.29) is 102 Å². The Morgan fingerprint density at radius 3 is 1.03 bits per heavy atom. The summed E-state index contributed by atoms with van der Waals surface area (Å²) in [5.41, 5.74) is 2.53. The highest BCUT2D eigenvalue weighted by Crippen LogP contribution is 2.21. The average molecular weight is 911 g/mol. The Morgan fingerprint density at radius 1 is 0.418 bits per heavy atom. The van der Waals surface area contributed by atoms with E-state index in [1.54, 1.807) is 87.3 Å². The van der Waals surface area contributed by atoms with E-state index in [1.807, 2.05) is 91.0 Å². The number of hydrogen-bond acceptors (Lipinski definition) is 9. The number of amides is 3. The number of ether oxygens (including phenoxy) is 3. The lowest BCUT2D eigenvalue weighted by Gasteiger charge is -2.25. The number of carbonyl (C=O) groups excluding carboxylic acids is 6. The van der Waals surface area contributed by atoms with Crippen LogP contribution < -0.4 is 10.6 Å². The van der Waals surface area contributed by atoms with E-state index < -0.39 is 36.0 Å². The second-order valence-corrected chi connectivity index (χ2v) is 15.9. The van der Waals surface area contributed by atoms with Gasteiger partial charge < -0.3 is 43.4 Å². The Balaban J connectivity index is 1.04. The van der Waals surface area contributed by atoms with E-state index >= 15 is 0 Å². The van der Waals surface area contributed by atoms with Crippen LogP contribution in [0.1, 0.15) is 73.3 Å². The van der Waals surface area contributed by atoms with Crippen LogP contribution in [0, 0.1) is 0 Å². The van der Waals surface area contributed by atoms with Crippen molar-refractivity contribution in [3.63, 3.8) is 0 Å². The molecule has 0 bridgehead atoms. The van der Waals surface area contributed by atoms with E-state index in [2.05, 4.69) is 10.6 Å². The van der Waals surface area contributed by atoms with Crippen LogP contribution in [0.15, 0.2) is 165 Å². The molecule has 15 heteroatoms. The molecular formula is C52H58N6O9. The monoisotopic (exact) mass is 910 g/mol. The van der Waals surface area contributed by atoms with E-state index in [0.29, 0.717) is 0 Å². The summed E-state index contributed by atoms with van der Waals surface area (Å²) in [5, 5.41) is 5.75. The molecule has 350 valence electrons. The zero-order valence-electron chi connectivity index (χ0n) is 37.5. The van der Waals surface area contributed by atoms with Gasteiger partial charge in [-0.05, 0) is 72.4 Å². The van der Waals surface area contributed by atoms with Crippen molar-refractivity contribution in [2.45, 2.75) is 76.5 Å². The molecule has 0 saturated carbocycles. The molecule has 0 spiro atoms. The SMILES string of the molecule is O=C(CC[C@@H](C(=O)OCc1ccccc1)n1cccc1)NCCN(CCNC(=O)CC[C@@H](C(=O)OCc1ccccc1)n1cccc1)C(=O)CC[C@@H](C(=O)OCc1ccccc1)n1cccc1. The van der Waals surface area contributed by atoms with Crippen molar-refractivity contribution in [2.24, 2.45) is 0 Å². The predicted octanol–water partition coefficient (Wildman–Crippen LogP) is 6.75. The normalized spacial score (nSPS) is 12.2. The van der Waals surface area contributed by atoms with Crippen molar-refractivity contribution >= 4 is 35.6 Å². The number of benzene rings is 3. The first-order valence-electron chi connectivity index (χ1n) is 22.5. The molecule has 0 unspecified atom stereocenters. The lowest BCUT2D eigenvalue weighted by Crippen LogP contribution is -2.43. The van der Waals surface area contributed by atoms with Gasteiger partial charge in [0.15, 0.2) is 0 Å². The Bertz CT molecular complexity index is 2290. The minimum absolute atomic E-state index is 0.0146. The summed E-state index contributed by atoms with van der Waals surface area (Å²) in [6.45, 7) is 0.690. The second kappa shape index (κ2) is 26.3. The first-order chi connectivity index (χ1) is 32.7. The van der Waals surface area contributed by atoms with Crippen molar-refractivity contribution in [3.8, 4) is 0 Å². The molecule has 3 amide bonds. The molecule has 3 heterocycles. The van der Waals surface area contributed by atoms with Crippen LogP contribution in [-0.2, 0) is 62.8 Å². The molecule has 0 radical (unpaired) electrons. The van der Waals surface area contributed by atoms with E-state index in [1.165, 1.54) is 4.90 Å².